The van der Waals surface area contributed by atoms with E-state index in [0.717, 1.165) is 15.7 Å². The van der Waals surface area contributed by atoms with Gasteiger partial charge in [-0.3, -0.25) is 14.6 Å². The molecule has 0 saturated carbocycles. The fourth-order valence-electron chi connectivity index (χ4n) is 2.47. The molecular formula is C22H27F3N4O5S3. The Morgan fingerprint density at radius 1 is 1.11 bits per heavy atom. The molecule has 204 valence electrons. The predicted octanol–water partition coefficient (Wildman–Crippen LogP) is 5.22. The number of oxazole rings is 1. The monoisotopic (exact) mass is 580 g/mol. The van der Waals surface area contributed by atoms with E-state index in [9.17, 15) is 18.0 Å². The summed E-state index contributed by atoms with van der Waals surface area (Å²) in [5.41, 5.74) is -3.95. The van der Waals surface area contributed by atoms with Crippen LogP contribution in [-0.2, 0) is 21.3 Å². The van der Waals surface area contributed by atoms with Gasteiger partial charge in [0.15, 0.2) is 15.2 Å². The molecule has 2 aromatic heterocycles. The number of halogens is 3. The van der Waals surface area contributed by atoms with Gasteiger partial charge in [0.1, 0.15) is 11.4 Å². The molecule has 0 radical (unpaired) electrons. The van der Waals surface area contributed by atoms with Crippen LogP contribution in [0.1, 0.15) is 42.8 Å². The Labute approximate surface area is 221 Å². The number of quaternary nitrogens is 1. The van der Waals surface area contributed by atoms with Crippen molar-refractivity contribution in [2.24, 2.45) is 0 Å². The van der Waals surface area contributed by atoms with Crippen molar-refractivity contribution >= 4 is 49.9 Å². The lowest BCUT2D eigenvalue weighted by Crippen LogP contribution is -2.34. The van der Waals surface area contributed by atoms with E-state index < -0.39 is 15.6 Å². The average molecular weight is 581 g/mol. The molecule has 0 aliphatic carbocycles. The largest absolute Gasteiger partial charge is 0.741 e. The van der Waals surface area contributed by atoms with Crippen molar-refractivity contribution in [1.82, 2.24) is 14.5 Å². The summed E-state index contributed by atoms with van der Waals surface area (Å²) in [4.78, 5) is 21.1. The zero-order chi connectivity index (χ0) is 28.2. The quantitative estimate of drug-likeness (QED) is 0.182. The van der Waals surface area contributed by atoms with Crippen LogP contribution in [-0.4, -0.2) is 55.5 Å². The maximum absolute atomic E-state index is 12.5. The second kappa shape index (κ2) is 11.5. The van der Waals surface area contributed by atoms with Crippen LogP contribution < -0.4 is 9.80 Å². The standard InChI is InChI=1S/C21H26N4O2S2.CHF3O3S/c1-21(2,3)16-11-22-17(27-16)13-28-18-12-23-20(29-18)24-19(26)14-7-9-15(10-8-14)25(4,5)6;2-1(3,4)8(5,6)7/h7-12H,13H2,1-6H3;(H,5,6,7). The van der Waals surface area contributed by atoms with Crippen molar-refractivity contribution in [3.63, 3.8) is 0 Å². The topological polar surface area (TPSA) is 125 Å². The third-order valence-electron chi connectivity index (χ3n) is 4.52. The van der Waals surface area contributed by atoms with Crippen LogP contribution in [0.4, 0.5) is 24.0 Å². The molecule has 0 unspecified atom stereocenters. The molecule has 0 aliphatic heterocycles. The van der Waals surface area contributed by atoms with Crippen molar-refractivity contribution in [2.45, 2.75) is 41.7 Å². The van der Waals surface area contributed by atoms with Crippen LogP contribution in [0.3, 0.4) is 0 Å². The summed E-state index contributed by atoms with van der Waals surface area (Å²) >= 11 is 3.03. The van der Waals surface area contributed by atoms with Gasteiger partial charge in [0.2, 0.25) is 5.89 Å². The fourth-order valence-corrected chi connectivity index (χ4v) is 4.19. The van der Waals surface area contributed by atoms with Gasteiger partial charge in [-0.05, 0) is 24.3 Å². The van der Waals surface area contributed by atoms with Crippen molar-refractivity contribution in [3.8, 4) is 0 Å². The smallest absolute Gasteiger partial charge is 0.485 e. The van der Waals surface area contributed by atoms with E-state index in [2.05, 4.69) is 57.2 Å². The van der Waals surface area contributed by atoms with Crippen molar-refractivity contribution in [1.29, 1.82) is 0 Å². The Balaban J connectivity index is 0.000000521. The number of alkyl halides is 3. The van der Waals surface area contributed by atoms with Gasteiger partial charge in [-0.25, -0.2) is 18.4 Å². The molecular weight excluding hydrogens is 553 g/mol. The number of anilines is 1. The highest BCUT2D eigenvalue weighted by Crippen LogP contribution is 2.32. The number of amides is 1. The first kappa shape index (κ1) is 30.8. The van der Waals surface area contributed by atoms with E-state index in [1.54, 1.807) is 24.2 Å². The lowest BCUT2D eigenvalue weighted by Gasteiger charge is -2.23. The fraction of sp³-hybridized carbons (Fsp3) is 0.409. The molecule has 0 spiro atoms. The molecule has 1 amide bonds. The first-order chi connectivity index (χ1) is 16.8. The first-order valence-electron chi connectivity index (χ1n) is 10.6. The van der Waals surface area contributed by atoms with Gasteiger partial charge in [0, 0.05) is 11.0 Å². The van der Waals surface area contributed by atoms with Crippen molar-refractivity contribution < 1.29 is 35.4 Å². The Kier molecular flexibility index (Phi) is 9.57. The van der Waals surface area contributed by atoms with Crippen molar-refractivity contribution in [2.75, 3.05) is 26.5 Å². The molecule has 0 aliphatic rings. The average Bonchev–Trinajstić information content (AvgIpc) is 3.40. The van der Waals surface area contributed by atoms with E-state index in [1.807, 2.05) is 24.3 Å². The van der Waals surface area contributed by atoms with Crippen LogP contribution in [0, 0.1) is 0 Å². The Morgan fingerprint density at radius 3 is 2.14 bits per heavy atom. The number of hydrogen-bond acceptors (Lipinski definition) is 9. The Bertz CT molecular complexity index is 1310. The number of benzene rings is 1. The molecule has 1 aromatic carbocycles. The molecule has 9 nitrogen and oxygen atoms in total. The van der Waals surface area contributed by atoms with E-state index in [4.69, 9.17) is 17.4 Å². The van der Waals surface area contributed by atoms with Gasteiger partial charge in [-0.15, -0.1) is 11.8 Å². The van der Waals surface area contributed by atoms with E-state index in [1.165, 1.54) is 11.3 Å². The number of aromatic nitrogens is 2. The number of carbonyl (C=O) groups is 1. The van der Waals surface area contributed by atoms with Gasteiger partial charge >= 0.3 is 5.51 Å². The number of hydrogen-bond donors (Lipinski definition) is 1. The van der Waals surface area contributed by atoms with Crippen LogP contribution in [0.5, 0.6) is 0 Å². The molecule has 3 aromatic rings. The van der Waals surface area contributed by atoms with Crippen LogP contribution in [0.15, 0.2) is 45.3 Å². The second-order valence-electron chi connectivity index (χ2n) is 9.55. The summed E-state index contributed by atoms with van der Waals surface area (Å²) in [7, 11) is 0.178. The zero-order valence-electron chi connectivity index (χ0n) is 20.9. The minimum absolute atomic E-state index is 0.0536. The Morgan fingerprint density at radius 2 is 1.68 bits per heavy atom. The summed E-state index contributed by atoms with van der Waals surface area (Å²) in [6.07, 6.45) is 3.55. The van der Waals surface area contributed by atoms with Crippen LogP contribution >= 0.6 is 23.1 Å². The molecule has 0 bridgehead atoms. The molecule has 0 fully saturated rings. The summed E-state index contributed by atoms with van der Waals surface area (Å²) in [5, 5.41) is 3.45. The maximum atomic E-state index is 12.5. The highest BCUT2D eigenvalue weighted by atomic mass is 32.2. The minimum Gasteiger partial charge on any atom is -0.741 e. The molecule has 0 atom stereocenters. The van der Waals surface area contributed by atoms with Crippen molar-refractivity contribution in [3.05, 3.63) is 53.9 Å². The lowest BCUT2D eigenvalue weighted by molar-refractivity contribution is -0.0517. The molecule has 15 heteroatoms. The number of thioether (sulfide) groups is 1. The number of thiazole rings is 1. The van der Waals surface area contributed by atoms with E-state index in [0.29, 0.717) is 26.8 Å². The van der Waals surface area contributed by atoms with Gasteiger partial charge in [0.05, 0.1) is 43.5 Å². The van der Waals surface area contributed by atoms with Crippen LogP contribution in [0.2, 0.25) is 0 Å². The summed E-state index contributed by atoms with van der Waals surface area (Å²) < 4.78 is 66.4. The second-order valence-corrected chi connectivity index (χ2v) is 13.2. The minimum atomic E-state index is -6.09. The predicted molar refractivity (Wildman–Crippen MR) is 137 cm³/mol. The van der Waals surface area contributed by atoms with Gasteiger partial charge in [-0.1, -0.05) is 32.1 Å². The third kappa shape index (κ3) is 9.41. The van der Waals surface area contributed by atoms with Gasteiger partial charge in [-0.2, -0.15) is 13.2 Å². The normalized spacial score (nSPS) is 12.6. The summed E-state index contributed by atoms with van der Waals surface area (Å²) in [5.74, 6) is 2.03. The van der Waals surface area contributed by atoms with Gasteiger partial charge < -0.3 is 8.97 Å². The van der Waals surface area contributed by atoms with E-state index in [-0.39, 0.29) is 11.3 Å². The summed E-state index contributed by atoms with van der Waals surface area (Å²) in [6.45, 7) is 6.29. The first-order valence-corrected chi connectivity index (χ1v) is 13.8. The lowest BCUT2D eigenvalue weighted by atomic mass is 9.94. The number of nitrogens with one attached hydrogen (secondary N) is 1. The highest BCUT2D eigenvalue weighted by molar-refractivity contribution is 8.00. The highest BCUT2D eigenvalue weighted by Gasteiger charge is 2.36. The maximum Gasteiger partial charge on any atom is 0.485 e. The van der Waals surface area contributed by atoms with Gasteiger partial charge in [0.25, 0.3) is 5.91 Å². The number of rotatable bonds is 6. The molecule has 37 heavy (non-hydrogen) atoms. The molecule has 2 heterocycles. The molecule has 3 rings (SSSR count). The molecule has 1 N–H and O–H groups in total. The van der Waals surface area contributed by atoms with Crippen LogP contribution in [0.25, 0.3) is 0 Å². The number of carbonyl (C=O) groups excluding carboxylic acids is 1. The summed E-state index contributed by atoms with van der Waals surface area (Å²) in [6, 6.07) is 7.63. The molecule has 0 saturated heterocycles. The zero-order valence-corrected chi connectivity index (χ0v) is 23.4. The van der Waals surface area contributed by atoms with E-state index >= 15 is 0 Å². The SMILES string of the molecule is CC(C)(C)c1cnc(CSc2cnc(NC(=O)c3ccc([N+](C)(C)C)cc3)s2)o1.O=S(=O)([O-])C(F)(F)F. The third-order valence-corrected chi connectivity index (χ3v) is 7.18. The number of nitrogens with zero attached hydrogens (tertiary/aromatic N) is 3. The Hall–Kier alpha value is -2.46.